The number of aryl methyl sites for hydroxylation is 1. The van der Waals surface area contributed by atoms with Crippen LogP contribution in [0.1, 0.15) is 23.6 Å². The van der Waals surface area contributed by atoms with Gasteiger partial charge in [-0.3, -0.25) is 0 Å². The van der Waals surface area contributed by atoms with Gasteiger partial charge in [0.1, 0.15) is 6.61 Å². The Kier molecular flexibility index (Phi) is 5.91. The van der Waals surface area contributed by atoms with Gasteiger partial charge in [0.15, 0.2) is 11.5 Å². The maximum absolute atomic E-state index is 6.44. The van der Waals surface area contributed by atoms with E-state index in [0.29, 0.717) is 42.2 Å². The summed E-state index contributed by atoms with van der Waals surface area (Å²) >= 11 is 6.44. The van der Waals surface area contributed by atoms with Crippen molar-refractivity contribution in [2.24, 2.45) is 0 Å². The minimum Gasteiger partial charge on any atom is -0.490 e. The van der Waals surface area contributed by atoms with Gasteiger partial charge in [-0.2, -0.15) is 5.21 Å². The van der Waals surface area contributed by atoms with E-state index in [-0.39, 0.29) is 0 Å². The number of rotatable bonds is 8. The van der Waals surface area contributed by atoms with E-state index in [9.17, 15) is 0 Å². The Labute approximate surface area is 156 Å². The van der Waals surface area contributed by atoms with Gasteiger partial charge in [0.25, 0.3) is 5.95 Å². The van der Waals surface area contributed by atoms with Crippen LogP contribution in [0.15, 0.2) is 36.4 Å². The molecule has 0 saturated carbocycles. The highest BCUT2D eigenvalue weighted by Gasteiger charge is 2.13. The van der Waals surface area contributed by atoms with Crippen molar-refractivity contribution in [2.75, 3.05) is 11.9 Å². The zero-order valence-electron chi connectivity index (χ0n) is 14.6. The monoisotopic (exact) mass is 373 g/mol. The Morgan fingerprint density at radius 2 is 1.92 bits per heavy atom. The molecule has 2 aromatic carbocycles. The number of benzene rings is 2. The standard InChI is InChI=1S/C18H20ClN5O2/c1-3-25-16-9-14(10-20-18-21-23-24-22-18)8-15(19)17(16)26-11-13-6-4-12(2)5-7-13/h4-9H,3,10-11H2,1-2H3,(H2,20,21,22,23,24). The normalized spacial score (nSPS) is 10.6. The number of nitrogens with one attached hydrogen (secondary N) is 2. The molecule has 0 saturated heterocycles. The summed E-state index contributed by atoms with van der Waals surface area (Å²) in [6.07, 6.45) is 0. The van der Waals surface area contributed by atoms with E-state index in [2.05, 4.69) is 45.0 Å². The molecule has 0 aliphatic heterocycles. The molecule has 1 aromatic heterocycles. The molecule has 26 heavy (non-hydrogen) atoms. The van der Waals surface area contributed by atoms with Crippen LogP contribution in [0, 0.1) is 6.92 Å². The predicted molar refractivity (Wildman–Crippen MR) is 99.6 cm³/mol. The van der Waals surface area contributed by atoms with Crippen molar-refractivity contribution in [3.63, 3.8) is 0 Å². The van der Waals surface area contributed by atoms with Gasteiger partial charge in [-0.25, -0.2) is 0 Å². The second-order valence-electron chi connectivity index (χ2n) is 5.70. The quantitative estimate of drug-likeness (QED) is 0.625. The fourth-order valence-electron chi connectivity index (χ4n) is 2.38. The number of hydrogen-bond donors (Lipinski definition) is 2. The predicted octanol–water partition coefficient (Wildman–Crippen LogP) is 3.75. The van der Waals surface area contributed by atoms with Crippen molar-refractivity contribution in [2.45, 2.75) is 27.0 Å². The molecule has 0 amide bonds. The Bertz CT molecular complexity index is 838. The lowest BCUT2D eigenvalue weighted by atomic mass is 10.1. The molecule has 0 spiro atoms. The number of ether oxygens (including phenoxy) is 2. The summed E-state index contributed by atoms with van der Waals surface area (Å²) in [6, 6.07) is 11.9. The van der Waals surface area contributed by atoms with Gasteiger partial charge < -0.3 is 14.8 Å². The van der Waals surface area contributed by atoms with Crippen LogP contribution in [0.2, 0.25) is 5.02 Å². The maximum Gasteiger partial charge on any atom is 0.263 e. The highest BCUT2D eigenvalue weighted by atomic mass is 35.5. The number of hydrogen-bond acceptors (Lipinski definition) is 6. The van der Waals surface area contributed by atoms with Crippen molar-refractivity contribution >= 4 is 17.5 Å². The van der Waals surface area contributed by atoms with Gasteiger partial charge in [-0.1, -0.05) is 46.5 Å². The highest BCUT2D eigenvalue weighted by molar-refractivity contribution is 6.32. The average molecular weight is 374 g/mol. The molecule has 8 heteroatoms. The smallest absolute Gasteiger partial charge is 0.263 e. The first-order chi connectivity index (χ1) is 12.7. The second kappa shape index (κ2) is 8.53. The molecule has 0 bridgehead atoms. The molecule has 0 aliphatic rings. The molecule has 2 N–H and O–H groups in total. The summed E-state index contributed by atoms with van der Waals surface area (Å²) in [6.45, 7) is 5.38. The number of H-pyrrole nitrogens is 1. The first kappa shape index (κ1) is 18.0. The summed E-state index contributed by atoms with van der Waals surface area (Å²) in [7, 11) is 0. The third-order valence-electron chi connectivity index (χ3n) is 3.67. The van der Waals surface area contributed by atoms with Crippen molar-refractivity contribution in [1.82, 2.24) is 20.6 Å². The molecular weight excluding hydrogens is 354 g/mol. The number of aromatic nitrogens is 4. The van der Waals surface area contributed by atoms with Crippen LogP contribution in [-0.2, 0) is 13.2 Å². The van der Waals surface area contributed by atoms with Gasteiger partial charge in [0.2, 0.25) is 0 Å². The van der Waals surface area contributed by atoms with Crippen LogP contribution in [0.4, 0.5) is 5.95 Å². The fourth-order valence-corrected chi connectivity index (χ4v) is 2.67. The van der Waals surface area contributed by atoms with E-state index < -0.39 is 0 Å². The summed E-state index contributed by atoms with van der Waals surface area (Å²) in [5.74, 6) is 1.56. The molecule has 0 unspecified atom stereocenters. The van der Waals surface area contributed by atoms with Crippen molar-refractivity contribution < 1.29 is 9.47 Å². The molecule has 3 rings (SSSR count). The SMILES string of the molecule is CCOc1cc(CNc2nn[nH]n2)cc(Cl)c1OCc1ccc(C)cc1. The molecule has 1 heterocycles. The minimum atomic E-state index is 0.416. The van der Waals surface area contributed by atoms with E-state index in [1.807, 2.05) is 31.2 Å². The van der Waals surface area contributed by atoms with Crippen LogP contribution in [0.3, 0.4) is 0 Å². The Balaban J connectivity index is 1.74. The largest absolute Gasteiger partial charge is 0.490 e. The lowest BCUT2D eigenvalue weighted by Crippen LogP contribution is -2.04. The van der Waals surface area contributed by atoms with Crippen LogP contribution in [0.5, 0.6) is 11.5 Å². The molecule has 7 nitrogen and oxygen atoms in total. The van der Waals surface area contributed by atoms with Crippen LogP contribution in [0.25, 0.3) is 0 Å². The molecule has 0 atom stereocenters. The summed E-state index contributed by atoms with van der Waals surface area (Å²) in [5, 5.41) is 17.1. The van der Waals surface area contributed by atoms with Gasteiger partial charge in [-0.15, -0.1) is 5.10 Å². The van der Waals surface area contributed by atoms with Crippen molar-refractivity contribution in [3.05, 3.63) is 58.1 Å². The van der Waals surface area contributed by atoms with Gasteiger partial charge in [-0.05, 0) is 42.3 Å². The van der Waals surface area contributed by atoms with Gasteiger partial charge >= 0.3 is 0 Å². The summed E-state index contributed by atoms with van der Waals surface area (Å²) in [4.78, 5) is 0. The molecule has 0 radical (unpaired) electrons. The zero-order valence-corrected chi connectivity index (χ0v) is 15.4. The molecule has 3 aromatic rings. The zero-order chi connectivity index (χ0) is 18.4. The second-order valence-corrected chi connectivity index (χ2v) is 6.11. The first-order valence-corrected chi connectivity index (χ1v) is 8.64. The Morgan fingerprint density at radius 1 is 1.12 bits per heavy atom. The lowest BCUT2D eigenvalue weighted by Gasteiger charge is -2.15. The topological polar surface area (TPSA) is 85.0 Å². The molecule has 136 valence electrons. The van der Waals surface area contributed by atoms with E-state index >= 15 is 0 Å². The van der Waals surface area contributed by atoms with Gasteiger partial charge in [0.05, 0.1) is 11.6 Å². The first-order valence-electron chi connectivity index (χ1n) is 8.26. The minimum absolute atomic E-state index is 0.416. The van der Waals surface area contributed by atoms with Gasteiger partial charge in [0, 0.05) is 6.54 Å². The van der Waals surface area contributed by atoms with Crippen molar-refractivity contribution in [3.8, 4) is 11.5 Å². The Morgan fingerprint density at radius 3 is 2.62 bits per heavy atom. The number of halogens is 1. The number of tetrazole rings is 1. The van der Waals surface area contributed by atoms with E-state index in [4.69, 9.17) is 21.1 Å². The highest BCUT2D eigenvalue weighted by Crippen LogP contribution is 2.37. The average Bonchev–Trinajstić information content (AvgIpc) is 3.14. The lowest BCUT2D eigenvalue weighted by molar-refractivity contribution is 0.269. The number of nitrogens with zero attached hydrogens (tertiary/aromatic N) is 3. The van der Waals surface area contributed by atoms with Crippen molar-refractivity contribution in [1.29, 1.82) is 0 Å². The number of anilines is 1. The van der Waals surface area contributed by atoms with Crippen LogP contribution >= 0.6 is 11.6 Å². The fraction of sp³-hybridized carbons (Fsp3) is 0.278. The maximum atomic E-state index is 6.44. The summed E-state index contributed by atoms with van der Waals surface area (Å²) in [5.41, 5.74) is 3.20. The third kappa shape index (κ3) is 4.64. The van der Waals surface area contributed by atoms with E-state index in [1.165, 1.54) is 5.56 Å². The third-order valence-corrected chi connectivity index (χ3v) is 3.95. The summed E-state index contributed by atoms with van der Waals surface area (Å²) < 4.78 is 11.7. The van der Waals surface area contributed by atoms with Crippen LogP contribution in [-0.4, -0.2) is 27.2 Å². The molecule has 0 aliphatic carbocycles. The van der Waals surface area contributed by atoms with E-state index in [0.717, 1.165) is 11.1 Å². The number of aromatic amines is 1. The Hall–Kier alpha value is -2.80. The molecular formula is C18H20ClN5O2. The van der Waals surface area contributed by atoms with Crippen LogP contribution < -0.4 is 14.8 Å². The van der Waals surface area contributed by atoms with E-state index in [1.54, 1.807) is 0 Å². The molecule has 0 fully saturated rings.